The first-order valence-electron chi connectivity index (χ1n) is 16.1. The van der Waals surface area contributed by atoms with Crippen molar-refractivity contribution < 1.29 is 44.2 Å². The smallest absolute Gasteiger partial charge is 0.313 e. The molecule has 0 rings (SSSR count). The van der Waals surface area contributed by atoms with Crippen LogP contribution >= 0.6 is 0 Å². The molecule has 9 nitrogen and oxygen atoms in total. The number of allylic oxidation sites excluding steroid dienone is 2. The number of esters is 1. The summed E-state index contributed by atoms with van der Waals surface area (Å²) < 4.78 is 16.0. The molecule has 9 heteroatoms. The average molecular weight is 603 g/mol. The second-order valence-electron chi connectivity index (χ2n) is 12.4. The van der Waals surface area contributed by atoms with E-state index in [0.29, 0.717) is 6.42 Å². The Morgan fingerprint density at radius 1 is 0.667 bits per heavy atom. The number of carbonyl (C=O) groups is 2. The molecule has 0 saturated heterocycles. The molecule has 0 fully saturated rings. The van der Waals surface area contributed by atoms with Crippen molar-refractivity contribution in [3.8, 4) is 0 Å². The Kier molecular flexibility index (Phi) is 25.2. The number of aliphatic hydroxyl groups excluding tert-OH is 4. The standard InChI is InChI=1S/C33H62O9/c1-25(2)10-6-11-26(3)12-7-13-27(4)14-8-15-28(5)16-9-17-29(38)18-33(39)42-32(23-40-30(19-34)20-35)24-41-31(21-36)22-37/h16,25-27,30-32,34-37H,6-15,17-24H2,1-5H3. The van der Waals surface area contributed by atoms with Gasteiger partial charge in [0, 0.05) is 6.42 Å². The van der Waals surface area contributed by atoms with Gasteiger partial charge < -0.3 is 34.6 Å². The van der Waals surface area contributed by atoms with E-state index in [9.17, 15) is 9.59 Å². The van der Waals surface area contributed by atoms with Crippen LogP contribution in [-0.4, -0.2) is 90.1 Å². The quantitative estimate of drug-likeness (QED) is 0.0566. The SMILES string of the molecule is CC(=CCCC(=O)CC(=O)OC(COC(CO)CO)COC(CO)CO)CCCC(C)CCCC(C)CCCC(C)C. The number of aliphatic hydroxyl groups is 4. The topological polar surface area (TPSA) is 143 Å². The number of ether oxygens (including phenoxy) is 3. The normalized spacial score (nSPS) is 13.9. The van der Waals surface area contributed by atoms with Gasteiger partial charge in [0.1, 0.15) is 30.5 Å². The van der Waals surface area contributed by atoms with Gasteiger partial charge in [0.05, 0.1) is 39.6 Å². The maximum Gasteiger partial charge on any atom is 0.313 e. The van der Waals surface area contributed by atoms with Gasteiger partial charge in [-0.1, -0.05) is 84.3 Å². The van der Waals surface area contributed by atoms with Crippen LogP contribution < -0.4 is 0 Å². The van der Waals surface area contributed by atoms with Crippen molar-refractivity contribution in [2.75, 3.05) is 39.6 Å². The summed E-state index contributed by atoms with van der Waals surface area (Å²) in [6, 6.07) is 0. The van der Waals surface area contributed by atoms with E-state index >= 15 is 0 Å². The van der Waals surface area contributed by atoms with E-state index in [-0.39, 0.29) is 31.8 Å². The molecule has 0 aromatic carbocycles. The van der Waals surface area contributed by atoms with Gasteiger partial charge in [-0.15, -0.1) is 0 Å². The predicted octanol–water partition coefficient (Wildman–Crippen LogP) is 4.76. The van der Waals surface area contributed by atoms with Crippen molar-refractivity contribution in [3.05, 3.63) is 11.6 Å². The van der Waals surface area contributed by atoms with Crippen LogP contribution in [0, 0.1) is 17.8 Å². The zero-order valence-electron chi connectivity index (χ0n) is 27.1. The lowest BCUT2D eigenvalue weighted by atomic mass is 9.91. The molecule has 0 aliphatic carbocycles. The number of hydrogen-bond acceptors (Lipinski definition) is 9. The van der Waals surface area contributed by atoms with E-state index in [1.165, 1.54) is 50.5 Å². The van der Waals surface area contributed by atoms with E-state index in [2.05, 4.69) is 40.7 Å². The highest BCUT2D eigenvalue weighted by atomic mass is 16.6. The van der Waals surface area contributed by atoms with Gasteiger partial charge in [-0.05, 0) is 43.9 Å². The second-order valence-corrected chi connectivity index (χ2v) is 12.4. The van der Waals surface area contributed by atoms with E-state index in [1.54, 1.807) is 0 Å². The molecule has 0 aliphatic heterocycles. The molecule has 0 spiro atoms. The second kappa shape index (κ2) is 26.1. The Morgan fingerprint density at radius 2 is 1.14 bits per heavy atom. The first-order chi connectivity index (χ1) is 20.0. The molecule has 42 heavy (non-hydrogen) atoms. The van der Waals surface area contributed by atoms with Crippen molar-refractivity contribution in [1.29, 1.82) is 0 Å². The summed E-state index contributed by atoms with van der Waals surface area (Å²) in [5.74, 6) is 1.39. The van der Waals surface area contributed by atoms with E-state index < -0.39 is 50.7 Å². The molecular weight excluding hydrogens is 540 g/mol. The Hall–Kier alpha value is -1.36. The number of hydrogen-bond donors (Lipinski definition) is 4. The van der Waals surface area contributed by atoms with Gasteiger partial charge in [0.2, 0.25) is 0 Å². The van der Waals surface area contributed by atoms with Crippen molar-refractivity contribution in [2.24, 2.45) is 17.8 Å². The van der Waals surface area contributed by atoms with Crippen LogP contribution in [0.5, 0.6) is 0 Å². The Morgan fingerprint density at radius 3 is 1.62 bits per heavy atom. The summed E-state index contributed by atoms with van der Waals surface area (Å²) in [5, 5.41) is 36.7. The van der Waals surface area contributed by atoms with Crippen LogP contribution in [-0.2, 0) is 23.8 Å². The molecule has 248 valence electrons. The van der Waals surface area contributed by atoms with Gasteiger partial charge in [0.25, 0.3) is 0 Å². The molecule has 0 saturated carbocycles. The monoisotopic (exact) mass is 602 g/mol. The fraction of sp³-hybridized carbons (Fsp3) is 0.879. The lowest BCUT2D eigenvalue weighted by molar-refractivity contribution is -0.163. The molecule has 2 unspecified atom stereocenters. The molecule has 4 N–H and O–H groups in total. The van der Waals surface area contributed by atoms with Crippen molar-refractivity contribution in [3.63, 3.8) is 0 Å². The zero-order chi connectivity index (χ0) is 31.8. The number of Topliss-reactive ketones (excluding diaryl/α,β-unsaturated/α-hetero) is 1. The first-order valence-corrected chi connectivity index (χ1v) is 16.1. The Labute approximate surface area is 255 Å². The average Bonchev–Trinajstić information content (AvgIpc) is 2.93. The minimum absolute atomic E-state index is 0.187. The third-order valence-electron chi connectivity index (χ3n) is 7.55. The van der Waals surface area contributed by atoms with Crippen LogP contribution in [0.3, 0.4) is 0 Å². The van der Waals surface area contributed by atoms with E-state index in [4.69, 9.17) is 34.6 Å². The molecule has 0 aliphatic rings. The van der Waals surface area contributed by atoms with Crippen LogP contribution in [0.25, 0.3) is 0 Å². The highest BCUT2D eigenvalue weighted by Crippen LogP contribution is 2.22. The maximum atomic E-state index is 12.3. The molecule has 0 bridgehead atoms. The molecule has 0 aromatic heterocycles. The van der Waals surface area contributed by atoms with Gasteiger partial charge in [-0.2, -0.15) is 0 Å². The van der Waals surface area contributed by atoms with Crippen molar-refractivity contribution >= 4 is 11.8 Å². The molecule has 0 heterocycles. The van der Waals surface area contributed by atoms with Crippen molar-refractivity contribution in [2.45, 2.75) is 130 Å². The number of rotatable bonds is 28. The van der Waals surface area contributed by atoms with Gasteiger partial charge in [-0.25, -0.2) is 0 Å². The van der Waals surface area contributed by atoms with Gasteiger partial charge in [0.15, 0.2) is 0 Å². The van der Waals surface area contributed by atoms with E-state index in [1.807, 2.05) is 0 Å². The maximum absolute atomic E-state index is 12.3. The van der Waals surface area contributed by atoms with Crippen LogP contribution in [0.2, 0.25) is 0 Å². The van der Waals surface area contributed by atoms with Crippen LogP contribution in [0.15, 0.2) is 11.6 Å². The first kappa shape index (κ1) is 40.6. The van der Waals surface area contributed by atoms with Gasteiger partial charge in [-0.3, -0.25) is 9.59 Å². The summed E-state index contributed by atoms with van der Waals surface area (Å²) in [4.78, 5) is 24.7. The Bertz CT molecular complexity index is 686. The van der Waals surface area contributed by atoms with Crippen molar-refractivity contribution in [1.82, 2.24) is 0 Å². The summed E-state index contributed by atoms with van der Waals surface area (Å²) in [6.07, 6.45) is 11.2. The highest BCUT2D eigenvalue weighted by molar-refractivity contribution is 5.95. The number of ketones is 1. The largest absolute Gasteiger partial charge is 0.457 e. The minimum atomic E-state index is -0.936. The third-order valence-corrected chi connectivity index (χ3v) is 7.55. The summed E-state index contributed by atoms with van der Waals surface area (Å²) >= 11 is 0. The van der Waals surface area contributed by atoms with Crippen LogP contribution in [0.4, 0.5) is 0 Å². The van der Waals surface area contributed by atoms with Crippen LogP contribution in [0.1, 0.15) is 112 Å². The number of carbonyl (C=O) groups excluding carboxylic acids is 2. The molecule has 0 radical (unpaired) electrons. The molecule has 2 atom stereocenters. The molecular formula is C33H62O9. The van der Waals surface area contributed by atoms with E-state index in [0.717, 1.165) is 30.6 Å². The molecule has 0 amide bonds. The van der Waals surface area contributed by atoms with Gasteiger partial charge >= 0.3 is 5.97 Å². The zero-order valence-corrected chi connectivity index (χ0v) is 27.1. The fourth-order valence-electron chi connectivity index (χ4n) is 4.70. The lowest BCUT2D eigenvalue weighted by Crippen LogP contribution is -2.35. The molecule has 0 aromatic rings. The summed E-state index contributed by atoms with van der Waals surface area (Å²) in [6.45, 7) is 9.35. The fourth-order valence-corrected chi connectivity index (χ4v) is 4.70. The predicted molar refractivity (Wildman–Crippen MR) is 165 cm³/mol. The minimum Gasteiger partial charge on any atom is -0.457 e. The summed E-state index contributed by atoms with van der Waals surface area (Å²) in [7, 11) is 0. The third kappa shape index (κ3) is 23.1. The Balaban J connectivity index is 4.32. The lowest BCUT2D eigenvalue weighted by Gasteiger charge is -2.22. The highest BCUT2D eigenvalue weighted by Gasteiger charge is 2.21. The summed E-state index contributed by atoms with van der Waals surface area (Å²) in [5.41, 5.74) is 1.26.